The first kappa shape index (κ1) is 14.3. The molecule has 0 atom stereocenters. The molecule has 2 nitrogen and oxygen atoms in total. The summed E-state index contributed by atoms with van der Waals surface area (Å²) in [5.74, 6) is -0.308. The van der Waals surface area contributed by atoms with E-state index in [0.717, 1.165) is 11.3 Å². The number of Topliss-reactive ketones (excluding diaryl/α,β-unsaturated/α-hetero) is 1. The number of hydrogen-bond acceptors (Lipinski definition) is 2. The Hall–Kier alpha value is -2.16. The maximum atomic E-state index is 12.8. The van der Waals surface area contributed by atoms with Crippen LogP contribution in [0.2, 0.25) is 0 Å². The summed E-state index contributed by atoms with van der Waals surface area (Å²) in [4.78, 5) is 11.9. The van der Waals surface area contributed by atoms with Crippen molar-refractivity contribution in [3.05, 3.63) is 65.0 Å². The molecule has 0 saturated carbocycles. The van der Waals surface area contributed by atoms with E-state index in [0.29, 0.717) is 18.5 Å². The number of aryl methyl sites for hydroxylation is 2. The highest BCUT2D eigenvalue weighted by atomic mass is 19.1. The van der Waals surface area contributed by atoms with Gasteiger partial charge in [-0.15, -0.1) is 0 Å². The number of ketones is 1. The lowest BCUT2D eigenvalue weighted by Crippen LogP contribution is -2.09. The van der Waals surface area contributed by atoms with Gasteiger partial charge in [-0.3, -0.25) is 4.79 Å². The highest BCUT2D eigenvalue weighted by molar-refractivity contribution is 5.96. The van der Waals surface area contributed by atoms with Crippen LogP contribution in [0.4, 0.5) is 10.1 Å². The summed E-state index contributed by atoms with van der Waals surface area (Å²) >= 11 is 0. The van der Waals surface area contributed by atoms with Gasteiger partial charge in [0.2, 0.25) is 0 Å². The van der Waals surface area contributed by atoms with Crippen LogP contribution in [0.5, 0.6) is 0 Å². The van der Waals surface area contributed by atoms with Crippen LogP contribution in [-0.2, 0) is 0 Å². The molecule has 2 aromatic rings. The Morgan fingerprint density at radius 1 is 1.10 bits per heavy atom. The van der Waals surface area contributed by atoms with E-state index < -0.39 is 0 Å². The first-order valence-corrected chi connectivity index (χ1v) is 6.66. The quantitative estimate of drug-likeness (QED) is 0.828. The van der Waals surface area contributed by atoms with E-state index in [2.05, 4.69) is 23.5 Å². The van der Waals surface area contributed by atoms with Gasteiger partial charge in [-0.05, 0) is 55.3 Å². The third-order valence-electron chi connectivity index (χ3n) is 3.23. The minimum absolute atomic E-state index is 0.0165. The van der Waals surface area contributed by atoms with E-state index in [4.69, 9.17) is 0 Å². The minimum atomic E-state index is -0.324. The summed E-state index contributed by atoms with van der Waals surface area (Å²) in [6.45, 7) is 4.64. The lowest BCUT2D eigenvalue weighted by atomic mass is 10.1. The van der Waals surface area contributed by atoms with Crippen LogP contribution in [0.25, 0.3) is 0 Å². The second-order valence-corrected chi connectivity index (χ2v) is 4.93. The van der Waals surface area contributed by atoms with Crippen LogP contribution in [0, 0.1) is 19.7 Å². The van der Waals surface area contributed by atoms with Crippen LogP contribution in [0.1, 0.15) is 27.9 Å². The number of benzene rings is 2. The Labute approximate surface area is 118 Å². The number of carbonyl (C=O) groups excluding carboxylic acids is 1. The number of hydrogen-bond donors (Lipinski definition) is 1. The average molecular weight is 271 g/mol. The first-order chi connectivity index (χ1) is 9.56. The SMILES string of the molecule is Cc1ccc(C)c(NCCC(=O)c2ccc(F)cc2)c1. The molecule has 0 aliphatic heterocycles. The number of nitrogens with one attached hydrogen (secondary N) is 1. The van der Waals surface area contributed by atoms with E-state index >= 15 is 0 Å². The highest BCUT2D eigenvalue weighted by Gasteiger charge is 2.06. The Bertz CT molecular complexity index is 605. The fourth-order valence-electron chi connectivity index (χ4n) is 2.02. The molecule has 0 radical (unpaired) electrons. The summed E-state index contributed by atoms with van der Waals surface area (Å²) in [7, 11) is 0. The predicted molar refractivity (Wildman–Crippen MR) is 79.8 cm³/mol. The van der Waals surface area contributed by atoms with Crippen LogP contribution >= 0.6 is 0 Å². The topological polar surface area (TPSA) is 29.1 Å². The third-order valence-corrected chi connectivity index (χ3v) is 3.23. The van der Waals surface area contributed by atoms with E-state index in [1.807, 2.05) is 13.8 Å². The third kappa shape index (κ3) is 3.67. The van der Waals surface area contributed by atoms with Gasteiger partial charge in [0.05, 0.1) is 0 Å². The van der Waals surface area contributed by atoms with Gasteiger partial charge in [-0.2, -0.15) is 0 Å². The second kappa shape index (κ2) is 6.33. The molecule has 0 aliphatic rings. The van der Waals surface area contributed by atoms with Crippen molar-refractivity contribution in [2.24, 2.45) is 0 Å². The van der Waals surface area contributed by atoms with Crippen LogP contribution in [0.15, 0.2) is 42.5 Å². The largest absolute Gasteiger partial charge is 0.384 e. The summed E-state index contributed by atoms with van der Waals surface area (Å²) in [5.41, 5.74) is 3.94. The molecule has 0 aliphatic carbocycles. The molecule has 104 valence electrons. The summed E-state index contributed by atoms with van der Waals surface area (Å²) < 4.78 is 12.8. The van der Waals surface area contributed by atoms with E-state index in [1.54, 1.807) is 0 Å². The molecule has 3 heteroatoms. The fourth-order valence-corrected chi connectivity index (χ4v) is 2.02. The van der Waals surface area contributed by atoms with Gasteiger partial charge >= 0.3 is 0 Å². The monoisotopic (exact) mass is 271 g/mol. The molecule has 2 rings (SSSR count). The lowest BCUT2D eigenvalue weighted by molar-refractivity contribution is 0.0986. The van der Waals surface area contributed by atoms with E-state index in [1.165, 1.54) is 29.8 Å². The zero-order chi connectivity index (χ0) is 14.5. The molecular formula is C17H18FNO. The van der Waals surface area contributed by atoms with Gasteiger partial charge in [-0.1, -0.05) is 12.1 Å². The lowest BCUT2D eigenvalue weighted by Gasteiger charge is -2.10. The molecule has 0 unspecified atom stereocenters. The van der Waals surface area contributed by atoms with Crippen molar-refractivity contribution in [3.63, 3.8) is 0 Å². The predicted octanol–water partition coefficient (Wildman–Crippen LogP) is 4.13. The molecule has 20 heavy (non-hydrogen) atoms. The molecule has 1 N–H and O–H groups in total. The van der Waals surface area contributed by atoms with E-state index in [9.17, 15) is 9.18 Å². The summed E-state index contributed by atoms with van der Waals surface area (Å²) in [6.07, 6.45) is 0.388. The molecule has 0 spiro atoms. The van der Waals surface area contributed by atoms with Gasteiger partial charge in [0.1, 0.15) is 5.82 Å². The molecule has 0 saturated heterocycles. The van der Waals surface area contributed by atoms with Gasteiger partial charge in [-0.25, -0.2) is 4.39 Å². The van der Waals surface area contributed by atoms with Crippen LogP contribution in [0.3, 0.4) is 0 Å². The molecule has 0 fully saturated rings. The molecule has 0 bridgehead atoms. The maximum Gasteiger partial charge on any atom is 0.164 e. The zero-order valence-electron chi connectivity index (χ0n) is 11.7. The average Bonchev–Trinajstić information content (AvgIpc) is 2.43. The van der Waals surface area contributed by atoms with Gasteiger partial charge < -0.3 is 5.32 Å². The Kier molecular flexibility index (Phi) is 4.51. The second-order valence-electron chi connectivity index (χ2n) is 4.93. The Morgan fingerprint density at radius 2 is 1.80 bits per heavy atom. The number of carbonyl (C=O) groups is 1. The molecular weight excluding hydrogens is 253 g/mol. The van der Waals surface area contributed by atoms with Crippen molar-refractivity contribution in [2.45, 2.75) is 20.3 Å². The fraction of sp³-hybridized carbons (Fsp3) is 0.235. The molecule has 0 aromatic heterocycles. The minimum Gasteiger partial charge on any atom is -0.384 e. The van der Waals surface area contributed by atoms with E-state index in [-0.39, 0.29) is 11.6 Å². The molecule has 0 heterocycles. The van der Waals surface area contributed by atoms with Crippen molar-refractivity contribution in [1.82, 2.24) is 0 Å². The van der Waals surface area contributed by atoms with Gasteiger partial charge in [0.25, 0.3) is 0 Å². The normalized spacial score (nSPS) is 10.3. The van der Waals surface area contributed by atoms with Crippen molar-refractivity contribution in [3.8, 4) is 0 Å². The standard InChI is InChI=1S/C17H18FNO/c1-12-3-4-13(2)16(11-12)19-10-9-17(20)14-5-7-15(18)8-6-14/h3-8,11,19H,9-10H2,1-2H3. The zero-order valence-corrected chi connectivity index (χ0v) is 11.7. The van der Waals surface area contributed by atoms with Gasteiger partial charge in [0, 0.05) is 24.2 Å². The Balaban J connectivity index is 1.91. The smallest absolute Gasteiger partial charge is 0.164 e. The summed E-state index contributed by atoms with van der Waals surface area (Å²) in [5, 5.41) is 3.27. The summed E-state index contributed by atoms with van der Waals surface area (Å²) in [6, 6.07) is 11.9. The number of anilines is 1. The van der Waals surface area contributed by atoms with Crippen molar-refractivity contribution >= 4 is 11.5 Å². The number of rotatable bonds is 5. The highest BCUT2D eigenvalue weighted by Crippen LogP contribution is 2.16. The Morgan fingerprint density at radius 3 is 2.50 bits per heavy atom. The van der Waals surface area contributed by atoms with Crippen LogP contribution in [-0.4, -0.2) is 12.3 Å². The van der Waals surface area contributed by atoms with Crippen molar-refractivity contribution in [2.75, 3.05) is 11.9 Å². The van der Waals surface area contributed by atoms with Crippen molar-refractivity contribution in [1.29, 1.82) is 0 Å². The van der Waals surface area contributed by atoms with Gasteiger partial charge in [0.15, 0.2) is 5.78 Å². The van der Waals surface area contributed by atoms with Crippen molar-refractivity contribution < 1.29 is 9.18 Å². The first-order valence-electron chi connectivity index (χ1n) is 6.66. The maximum absolute atomic E-state index is 12.8. The molecule has 2 aromatic carbocycles. The molecule has 0 amide bonds. The van der Waals surface area contributed by atoms with Crippen LogP contribution < -0.4 is 5.32 Å². The number of halogens is 1.